The fourth-order valence-corrected chi connectivity index (χ4v) is 4.70. The third-order valence-corrected chi connectivity index (χ3v) is 6.42. The highest BCUT2D eigenvalue weighted by Crippen LogP contribution is 2.38. The van der Waals surface area contributed by atoms with E-state index in [0.29, 0.717) is 28.9 Å². The lowest BCUT2D eigenvalue weighted by Crippen LogP contribution is -2.34. The molecule has 170 valence electrons. The molecule has 0 aliphatic carbocycles. The topological polar surface area (TPSA) is 60.9 Å². The molecule has 0 bridgehead atoms. The van der Waals surface area contributed by atoms with Crippen molar-refractivity contribution in [3.63, 3.8) is 0 Å². The van der Waals surface area contributed by atoms with Crippen LogP contribution in [0.4, 0.5) is 5.13 Å². The maximum absolute atomic E-state index is 13.5. The van der Waals surface area contributed by atoms with E-state index in [2.05, 4.69) is 12.1 Å². The normalized spacial score (nSPS) is 10.8. The monoisotopic (exact) mass is 462 g/mol. The number of carbonyl (C=O) groups is 1. The number of anilines is 1. The minimum Gasteiger partial charge on any atom is -0.493 e. The van der Waals surface area contributed by atoms with E-state index in [1.807, 2.05) is 54.6 Å². The molecule has 0 N–H and O–H groups in total. The van der Waals surface area contributed by atoms with Crippen LogP contribution in [0.5, 0.6) is 17.2 Å². The third kappa shape index (κ3) is 5.09. The van der Waals surface area contributed by atoms with Gasteiger partial charge in [0.1, 0.15) is 0 Å². The zero-order chi connectivity index (χ0) is 23.2. The minimum atomic E-state index is -0.0424. The van der Waals surface area contributed by atoms with E-state index < -0.39 is 0 Å². The summed E-state index contributed by atoms with van der Waals surface area (Å²) < 4.78 is 17.4. The standard InChI is InChI=1S/C26H26N2O4S/c1-30-21-15-19(16-22(31-2)25(21)32-3)17-24(29)28(14-13-18-9-5-4-6-10-18)26-27-20-11-7-8-12-23(20)33-26/h4-12,15-16H,13-14,17H2,1-3H3. The maximum Gasteiger partial charge on any atom is 0.233 e. The molecule has 0 saturated heterocycles. The summed E-state index contributed by atoms with van der Waals surface area (Å²) in [4.78, 5) is 20.1. The van der Waals surface area contributed by atoms with Crippen molar-refractivity contribution in [2.24, 2.45) is 0 Å². The van der Waals surface area contributed by atoms with Gasteiger partial charge in [0.25, 0.3) is 0 Å². The average Bonchev–Trinajstić information content (AvgIpc) is 3.28. The fourth-order valence-electron chi connectivity index (χ4n) is 3.70. The average molecular weight is 463 g/mol. The van der Waals surface area contributed by atoms with E-state index in [-0.39, 0.29) is 12.3 Å². The fraction of sp³-hybridized carbons (Fsp3) is 0.231. The van der Waals surface area contributed by atoms with Gasteiger partial charge >= 0.3 is 0 Å². The smallest absolute Gasteiger partial charge is 0.233 e. The lowest BCUT2D eigenvalue weighted by molar-refractivity contribution is -0.118. The van der Waals surface area contributed by atoms with Gasteiger partial charge in [0.15, 0.2) is 16.6 Å². The minimum absolute atomic E-state index is 0.0424. The van der Waals surface area contributed by atoms with E-state index in [0.717, 1.165) is 22.2 Å². The number of amides is 1. The molecule has 0 radical (unpaired) electrons. The van der Waals surface area contributed by atoms with E-state index in [1.165, 1.54) is 16.9 Å². The van der Waals surface area contributed by atoms with Crippen LogP contribution in [-0.2, 0) is 17.6 Å². The number of para-hydroxylation sites is 1. The Morgan fingerprint density at radius 1 is 0.879 bits per heavy atom. The second-order valence-corrected chi connectivity index (χ2v) is 8.46. The number of nitrogens with zero attached hydrogens (tertiary/aromatic N) is 2. The zero-order valence-corrected chi connectivity index (χ0v) is 19.7. The van der Waals surface area contributed by atoms with Gasteiger partial charge in [0.05, 0.1) is 38.0 Å². The quantitative estimate of drug-likeness (QED) is 0.345. The molecule has 4 rings (SSSR count). The molecule has 1 amide bonds. The molecule has 1 aromatic heterocycles. The molecule has 0 atom stereocenters. The summed E-state index contributed by atoms with van der Waals surface area (Å²) in [5.41, 5.74) is 2.84. The van der Waals surface area contributed by atoms with Crippen molar-refractivity contribution in [3.8, 4) is 17.2 Å². The molecule has 0 spiro atoms. The Bertz CT molecular complexity index is 1180. The molecular weight excluding hydrogens is 436 g/mol. The van der Waals surface area contributed by atoms with Gasteiger partial charge in [-0.05, 0) is 41.8 Å². The van der Waals surface area contributed by atoms with Crippen molar-refractivity contribution in [2.75, 3.05) is 32.8 Å². The molecule has 0 saturated carbocycles. The molecule has 0 aliphatic rings. The number of hydrogen-bond acceptors (Lipinski definition) is 6. The third-order valence-electron chi connectivity index (χ3n) is 5.36. The van der Waals surface area contributed by atoms with E-state index in [4.69, 9.17) is 19.2 Å². The van der Waals surface area contributed by atoms with Crippen LogP contribution in [-0.4, -0.2) is 38.8 Å². The summed E-state index contributed by atoms with van der Waals surface area (Å²) in [6, 6.07) is 21.7. The molecule has 33 heavy (non-hydrogen) atoms. The van der Waals surface area contributed by atoms with Crippen LogP contribution in [0.2, 0.25) is 0 Å². The molecule has 0 aliphatic heterocycles. The maximum atomic E-state index is 13.5. The predicted molar refractivity (Wildman–Crippen MR) is 132 cm³/mol. The number of fused-ring (bicyclic) bond motifs is 1. The molecule has 7 heteroatoms. The van der Waals surface area contributed by atoms with Crippen LogP contribution in [0, 0.1) is 0 Å². The Labute approximate surface area is 197 Å². The number of ether oxygens (including phenoxy) is 3. The highest BCUT2D eigenvalue weighted by Gasteiger charge is 2.22. The molecule has 1 heterocycles. The van der Waals surface area contributed by atoms with Crippen molar-refractivity contribution >= 4 is 32.6 Å². The summed E-state index contributed by atoms with van der Waals surface area (Å²) in [6.45, 7) is 0.535. The number of hydrogen-bond donors (Lipinski definition) is 0. The summed E-state index contributed by atoms with van der Waals surface area (Å²) in [6.07, 6.45) is 0.916. The Morgan fingerprint density at radius 2 is 1.55 bits per heavy atom. The van der Waals surface area contributed by atoms with Gasteiger partial charge in [-0.2, -0.15) is 0 Å². The Morgan fingerprint density at radius 3 is 2.18 bits per heavy atom. The van der Waals surface area contributed by atoms with Crippen molar-refractivity contribution < 1.29 is 19.0 Å². The van der Waals surface area contributed by atoms with Gasteiger partial charge in [0, 0.05) is 6.54 Å². The Kier molecular flexibility index (Phi) is 7.10. The largest absolute Gasteiger partial charge is 0.493 e. The van der Waals surface area contributed by atoms with Crippen LogP contribution in [0.15, 0.2) is 66.7 Å². The molecular formula is C26H26N2O4S. The van der Waals surface area contributed by atoms with Crippen molar-refractivity contribution in [1.29, 1.82) is 0 Å². The van der Waals surface area contributed by atoms with Gasteiger partial charge in [-0.3, -0.25) is 9.69 Å². The highest BCUT2D eigenvalue weighted by atomic mass is 32.1. The number of benzene rings is 3. The second-order valence-electron chi connectivity index (χ2n) is 7.46. The SMILES string of the molecule is COc1cc(CC(=O)N(CCc2ccccc2)c2nc3ccccc3s2)cc(OC)c1OC. The van der Waals surface area contributed by atoms with Crippen LogP contribution in [0.25, 0.3) is 10.2 Å². The van der Waals surface area contributed by atoms with Crippen LogP contribution < -0.4 is 19.1 Å². The van der Waals surface area contributed by atoms with E-state index in [1.54, 1.807) is 26.2 Å². The van der Waals surface area contributed by atoms with Gasteiger partial charge in [-0.15, -0.1) is 0 Å². The Hall–Kier alpha value is -3.58. The first-order valence-electron chi connectivity index (χ1n) is 10.6. The molecule has 6 nitrogen and oxygen atoms in total. The molecule has 0 fully saturated rings. The van der Waals surface area contributed by atoms with Gasteiger partial charge < -0.3 is 14.2 Å². The second kappa shape index (κ2) is 10.4. The number of carbonyl (C=O) groups excluding carboxylic acids is 1. The first-order valence-corrected chi connectivity index (χ1v) is 11.4. The van der Waals surface area contributed by atoms with Crippen molar-refractivity contribution in [1.82, 2.24) is 4.98 Å². The van der Waals surface area contributed by atoms with Crippen molar-refractivity contribution in [2.45, 2.75) is 12.8 Å². The number of rotatable bonds is 9. The number of methoxy groups -OCH3 is 3. The van der Waals surface area contributed by atoms with Gasteiger partial charge in [0.2, 0.25) is 11.7 Å². The number of aromatic nitrogens is 1. The predicted octanol–water partition coefficient (Wildman–Crippen LogP) is 5.14. The first kappa shape index (κ1) is 22.6. The van der Waals surface area contributed by atoms with E-state index in [9.17, 15) is 4.79 Å². The van der Waals surface area contributed by atoms with Crippen molar-refractivity contribution in [3.05, 3.63) is 77.9 Å². The van der Waals surface area contributed by atoms with Crippen LogP contribution in [0.1, 0.15) is 11.1 Å². The summed E-state index contributed by atoms with van der Waals surface area (Å²) in [7, 11) is 4.69. The van der Waals surface area contributed by atoms with Gasteiger partial charge in [-0.25, -0.2) is 4.98 Å². The lowest BCUT2D eigenvalue weighted by Gasteiger charge is -2.21. The zero-order valence-electron chi connectivity index (χ0n) is 18.9. The molecule has 0 unspecified atom stereocenters. The highest BCUT2D eigenvalue weighted by molar-refractivity contribution is 7.22. The molecule has 3 aromatic carbocycles. The first-order chi connectivity index (χ1) is 16.1. The molecule has 4 aromatic rings. The van der Waals surface area contributed by atoms with Gasteiger partial charge in [-0.1, -0.05) is 53.8 Å². The number of thiazole rings is 1. The summed E-state index contributed by atoms with van der Waals surface area (Å²) >= 11 is 1.53. The van der Waals surface area contributed by atoms with Crippen LogP contribution >= 0.6 is 11.3 Å². The summed E-state index contributed by atoms with van der Waals surface area (Å²) in [5.74, 6) is 1.51. The van der Waals surface area contributed by atoms with Crippen LogP contribution in [0.3, 0.4) is 0 Å². The lowest BCUT2D eigenvalue weighted by atomic mass is 10.1. The summed E-state index contributed by atoms with van der Waals surface area (Å²) in [5, 5.41) is 0.699. The Balaban J connectivity index is 1.64. The van der Waals surface area contributed by atoms with E-state index >= 15 is 0 Å².